The van der Waals surface area contributed by atoms with Crippen LogP contribution in [0.3, 0.4) is 0 Å². The van der Waals surface area contributed by atoms with E-state index < -0.39 is 6.10 Å². The number of nitrogens with zero attached hydrogens (tertiary/aromatic N) is 1. The lowest BCUT2D eigenvalue weighted by Crippen LogP contribution is -2.30. The number of likely N-dealkylation sites (N-methyl/N-ethyl adjacent to an activating group) is 1. The van der Waals surface area contributed by atoms with Crippen molar-refractivity contribution in [2.24, 2.45) is 0 Å². The normalized spacial score (nSPS) is 13.4. The van der Waals surface area contributed by atoms with E-state index in [1.807, 2.05) is 36.2 Å². The third-order valence-electron chi connectivity index (χ3n) is 2.73. The summed E-state index contributed by atoms with van der Waals surface area (Å²) in [6.07, 6.45) is 1.05. The van der Waals surface area contributed by atoms with E-state index in [-0.39, 0.29) is 6.61 Å². The van der Waals surface area contributed by atoms with Gasteiger partial charge in [0.1, 0.15) is 5.58 Å². The van der Waals surface area contributed by atoms with E-state index in [2.05, 4.69) is 0 Å². The number of aliphatic hydroxyl groups is 2. The highest BCUT2D eigenvalue weighted by Gasteiger charge is 2.10. The molecule has 1 unspecified atom stereocenters. The molecule has 1 atom stereocenters. The van der Waals surface area contributed by atoms with Gasteiger partial charge in [-0.05, 0) is 13.1 Å². The van der Waals surface area contributed by atoms with Gasteiger partial charge in [-0.25, -0.2) is 0 Å². The molecule has 0 aliphatic rings. The monoisotopic (exact) mass is 235 g/mol. The van der Waals surface area contributed by atoms with Crippen LogP contribution >= 0.6 is 0 Å². The van der Waals surface area contributed by atoms with Gasteiger partial charge in [0.25, 0.3) is 0 Å². The minimum absolute atomic E-state index is 0.212. The summed E-state index contributed by atoms with van der Waals surface area (Å²) in [5.74, 6) is 0. The summed E-state index contributed by atoms with van der Waals surface area (Å²) in [6, 6.07) is 7.87. The predicted molar refractivity (Wildman–Crippen MR) is 65.6 cm³/mol. The molecule has 17 heavy (non-hydrogen) atoms. The van der Waals surface area contributed by atoms with Crippen LogP contribution in [0.5, 0.6) is 0 Å². The summed E-state index contributed by atoms with van der Waals surface area (Å²) in [5, 5.41) is 19.2. The van der Waals surface area contributed by atoms with Crippen LogP contribution in [-0.4, -0.2) is 41.4 Å². The summed E-state index contributed by atoms with van der Waals surface area (Å²) in [7, 11) is 1.90. The summed E-state index contributed by atoms with van der Waals surface area (Å²) < 4.78 is 5.44. The Bertz CT molecular complexity index is 480. The number of aliphatic hydroxyl groups excluding tert-OH is 2. The van der Waals surface area contributed by atoms with Crippen molar-refractivity contribution in [3.63, 3.8) is 0 Å². The summed E-state index contributed by atoms with van der Waals surface area (Å²) in [5.41, 5.74) is 1.96. The Morgan fingerprint density at radius 3 is 2.88 bits per heavy atom. The molecule has 0 saturated carbocycles. The highest BCUT2D eigenvalue weighted by molar-refractivity contribution is 5.80. The Labute approximate surface area is 100 Å². The summed E-state index contributed by atoms with van der Waals surface area (Å²) >= 11 is 0. The number of furan rings is 1. The van der Waals surface area contributed by atoms with Gasteiger partial charge in [-0.15, -0.1) is 0 Å². The second-order valence-electron chi connectivity index (χ2n) is 4.29. The fraction of sp³-hybridized carbons (Fsp3) is 0.385. The van der Waals surface area contributed by atoms with Gasteiger partial charge in [0.2, 0.25) is 0 Å². The lowest BCUT2D eigenvalue weighted by atomic mass is 10.1. The zero-order chi connectivity index (χ0) is 12.3. The van der Waals surface area contributed by atoms with E-state index in [9.17, 15) is 5.11 Å². The highest BCUT2D eigenvalue weighted by atomic mass is 16.3. The lowest BCUT2D eigenvalue weighted by Gasteiger charge is -2.18. The van der Waals surface area contributed by atoms with Crippen LogP contribution in [-0.2, 0) is 6.54 Å². The van der Waals surface area contributed by atoms with E-state index in [0.717, 1.165) is 16.5 Å². The molecule has 0 spiro atoms. The predicted octanol–water partition coefficient (Wildman–Crippen LogP) is 1.22. The van der Waals surface area contributed by atoms with E-state index >= 15 is 0 Å². The van der Waals surface area contributed by atoms with Crippen molar-refractivity contribution < 1.29 is 14.6 Å². The van der Waals surface area contributed by atoms with Gasteiger partial charge in [-0.2, -0.15) is 0 Å². The average Bonchev–Trinajstić information content (AvgIpc) is 2.72. The first-order valence-corrected chi connectivity index (χ1v) is 5.63. The molecular weight excluding hydrogens is 218 g/mol. The van der Waals surface area contributed by atoms with Gasteiger partial charge >= 0.3 is 0 Å². The topological polar surface area (TPSA) is 56.8 Å². The largest absolute Gasteiger partial charge is 0.464 e. The number of benzene rings is 1. The van der Waals surface area contributed by atoms with Crippen LogP contribution in [0, 0.1) is 0 Å². The molecule has 0 aliphatic carbocycles. The number of fused-ring (bicyclic) bond motifs is 1. The van der Waals surface area contributed by atoms with E-state index in [4.69, 9.17) is 9.52 Å². The van der Waals surface area contributed by atoms with E-state index in [1.54, 1.807) is 6.26 Å². The van der Waals surface area contributed by atoms with Gasteiger partial charge in [-0.1, -0.05) is 18.2 Å². The molecule has 1 heterocycles. The molecule has 0 saturated heterocycles. The first-order chi connectivity index (χ1) is 8.20. The van der Waals surface area contributed by atoms with Gasteiger partial charge in [0.05, 0.1) is 19.0 Å². The maximum atomic E-state index is 9.36. The van der Waals surface area contributed by atoms with E-state index in [0.29, 0.717) is 13.1 Å². The van der Waals surface area contributed by atoms with Crippen molar-refractivity contribution in [2.75, 3.05) is 20.2 Å². The van der Waals surface area contributed by atoms with E-state index in [1.165, 1.54) is 0 Å². The van der Waals surface area contributed by atoms with Crippen LogP contribution in [0.4, 0.5) is 0 Å². The maximum Gasteiger partial charge on any atom is 0.134 e. The van der Waals surface area contributed by atoms with Crippen molar-refractivity contribution in [3.05, 3.63) is 36.1 Å². The summed E-state index contributed by atoms with van der Waals surface area (Å²) in [4.78, 5) is 1.96. The van der Waals surface area contributed by atoms with Gasteiger partial charge < -0.3 is 14.6 Å². The minimum Gasteiger partial charge on any atom is -0.464 e. The van der Waals surface area contributed by atoms with Gasteiger partial charge in [0.15, 0.2) is 0 Å². The molecule has 1 aromatic carbocycles. The smallest absolute Gasteiger partial charge is 0.134 e. The molecule has 2 aromatic rings. The standard InChI is InChI=1S/C13H17NO3/c1-14(7-11(16)8-15)6-10-9-17-13-5-3-2-4-12(10)13/h2-5,9,11,15-16H,6-8H2,1H3. The van der Waals surface area contributed by atoms with Gasteiger partial charge in [0, 0.05) is 24.0 Å². The molecule has 4 heteroatoms. The minimum atomic E-state index is -0.696. The molecule has 92 valence electrons. The third kappa shape index (κ3) is 2.85. The molecule has 2 N–H and O–H groups in total. The number of rotatable bonds is 5. The van der Waals surface area contributed by atoms with Crippen molar-refractivity contribution in [3.8, 4) is 0 Å². The molecule has 0 radical (unpaired) electrons. The van der Waals surface area contributed by atoms with Crippen molar-refractivity contribution in [1.29, 1.82) is 0 Å². The lowest BCUT2D eigenvalue weighted by molar-refractivity contribution is 0.0648. The SMILES string of the molecule is CN(Cc1coc2ccccc12)CC(O)CO. The Hall–Kier alpha value is -1.36. The van der Waals surface area contributed by atoms with Crippen molar-refractivity contribution >= 4 is 11.0 Å². The van der Waals surface area contributed by atoms with Gasteiger partial charge in [-0.3, -0.25) is 4.90 Å². The van der Waals surface area contributed by atoms with Crippen LogP contribution < -0.4 is 0 Å². The fourth-order valence-electron chi connectivity index (χ4n) is 1.93. The molecule has 1 aromatic heterocycles. The highest BCUT2D eigenvalue weighted by Crippen LogP contribution is 2.21. The van der Waals surface area contributed by atoms with Crippen LogP contribution in [0.1, 0.15) is 5.56 Å². The van der Waals surface area contributed by atoms with Crippen LogP contribution in [0.15, 0.2) is 34.9 Å². The Balaban J connectivity index is 2.08. The molecule has 2 rings (SSSR count). The second-order valence-corrected chi connectivity index (χ2v) is 4.29. The third-order valence-corrected chi connectivity index (χ3v) is 2.73. The quantitative estimate of drug-likeness (QED) is 0.818. The molecular formula is C13H17NO3. The number of para-hydroxylation sites is 1. The second kappa shape index (κ2) is 5.31. The zero-order valence-corrected chi connectivity index (χ0v) is 9.84. The van der Waals surface area contributed by atoms with Crippen molar-refractivity contribution in [1.82, 2.24) is 4.90 Å². The van der Waals surface area contributed by atoms with Crippen LogP contribution in [0.2, 0.25) is 0 Å². The Morgan fingerprint density at radius 1 is 1.35 bits per heavy atom. The average molecular weight is 235 g/mol. The number of hydrogen-bond acceptors (Lipinski definition) is 4. The van der Waals surface area contributed by atoms with Crippen molar-refractivity contribution in [2.45, 2.75) is 12.6 Å². The first-order valence-electron chi connectivity index (χ1n) is 5.63. The van der Waals surface area contributed by atoms with Crippen LogP contribution in [0.25, 0.3) is 11.0 Å². The Kier molecular flexibility index (Phi) is 3.78. The maximum absolute atomic E-state index is 9.36. The molecule has 4 nitrogen and oxygen atoms in total. The molecule has 0 fully saturated rings. The molecule has 0 amide bonds. The zero-order valence-electron chi connectivity index (χ0n) is 9.84. The molecule has 0 aliphatic heterocycles. The number of hydrogen-bond donors (Lipinski definition) is 2. The first kappa shape index (κ1) is 12.1. The summed E-state index contributed by atoms with van der Waals surface area (Å²) in [6.45, 7) is 0.917. The Morgan fingerprint density at radius 2 is 2.12 bits per heavy atom. The fourth-order valence-corrected chi connectivity index (χ4v) is 1.93. The molecule has 0 bridgehead atoms.